The van der Waals surface area contributed by atoms with Gasteiger partial charge in [0.15, 0.2) is 0 Å². The number of carbonyl (C=O) groups is 1. The topological polar surface area (TPSA) is 72.8 Å². The van der Waals surface area contributed by atoms with Gasteiger partial charge in [0, 0.05) is 30.9 Å². The molecule has 2 unspecified atom stereocenters. The quantitative estimate of drug-likeness (QED) is 0.768. The zero-order chi connectivity index (χ0) is 14.7. The summed E-state index contributed by atoms with van der Waals surface area (Å²) in [6, 6.07) is 5.64. The molecule has 1 aromatic rings. The molecule has 0 aromatic heterocycles. The molecule has 20 heavy (non-hydrogen) atoms. The lowest BCUT2D eigenvalue weighted by atomic mass is 10.1. The number of β-amino-alcohol motifs (C(OH)–C–C–N with tert-alkyl or cyclic N) is 2. The summed E-state index contributed by atoms with van der Waals surface area (Å²) in [6.45, 7) is 5.27. The second-order valence-electron chi connectivity index (χ2n) is 5.30. The second-order valence-corrected chi connectivity index (χ2v) is 5.30. The first-order valence-corrected chi connectivity index (χ1v) is 7.03. The first-order valence-electron chi connectivity index (χ1n) is 7.03. The number of nitrogens with zero attached hydrogens (tertiary/aromatic N) is 1. The molecule has 0 bridgehead atoms. The molecule has 1 heterocycles. The van der Waals surface area contributed by atoms with Gasteiger partial charge in [0.05, 0.1) is 12.2 Å². The summed E-state index contributed by atoms with van der Waals surface area (Å²) in [6.07, 6.45) is -0.641. The molecule has 0 spiro atoms. The maximum absolute atomic E-state index is 12.4. The van der Waals surface area contributed by atoms with Crippen LogP contribution in [0.3, 0.4) is 0 Å². The molecule has 1 aliphatic heterocycles. The molecule has 1 aliphatic rings. The third-order valence-electron chi connectivity index (χ3n) is 3.58. The van der Waals surface area contributed by atoms with Gasteiger partial charge in [-0.25, -0.2) is 0 Å². The Morgan fingerprint density at radius 3 is 2.55 bits per heavy atom. The summed E-state index contributed by atoms with van der Waals surface area (Å²) < 4.78 is 0. The number of aliphatic hydroxyl groups is 2. The minimum atomic E-state index is -0.843. The molecule has 1 aromatic carbocycles. The third-order valence-corrected chi connectivity index (χ3v) is 3.58. The normalized spacial score (nSPS) is 22.1. The lowest BCUT2D eigenvalue weighted by Gasteiger charge is -2.17. The number of benzene rings is 1. The predicted octanol–water partition coefficient (Wildman–Crippen LogP) is 0.995. The summed E-state index contributed by atoms with van der Waals surface area (Å²) >= 11 is 0. The van der Waals surface area contributed by atoms with Gasteiger partial charge < -0.3 is 20.4 Å². The van der Waals surface area contributed by atoms with Gasteiger partial charge in [-0.2, -0.15) is 0 Å². The lowest BCUT2D eigenvalue weighted by molar-refractivity contribution is 0.0572. The molecule has 3 N–H and O–H groups in total. The van der Waals surface area contributed by atoms with Crippen LogP contribution in [0.1, 0.15) is 29.3 Å². The standard InChI is InChI=1S/C15H22N2O3/c1-3-6-16-11-4-5-12(10(2)7-11)15(20)17-8-13(18)14(19)9-17/h4-5,7,13-14,16,18-19H,3,6,8-9H2,1-2H3. The van der Waals surface area contributed by atoms with Crippen molar-refractivity contribution in [3.8, 4) is 0 Å². The van der Waals surface area contributed by atoms with Gasteiger partial charge >= 0.3 is 0 Å². The molecular weight excluding hydrogens is 256 g/mol. The highest BCUT2D eigenvalue weighted by atomic mass is 16.3. The molecule has 1 saturated heterocycles. The third kappa shape index (κ3) is 3.11. The average Bonchev–Trinajstić information content (AvgIpc) is 2.76. The molecule has 2 rings (SSSR count). The van der Waals surface area contributed by atoms with Crippen molar-refractivity contribution < 1.29 is 15.0 Å². The number of amides is 1. The van der Waals surface area contributed by atoms with Crippen molar-refractivity contribution >= 4 is 11.6 Å². The molecule has 1 amide bonds. The molecule has 5 nitrogen and oxygen atoms in total. The number of aliphatic hydroxyl groups excluding tert-OH is 2. The van der Waals surface area contributed by atoms with Gasteiger partial charge in [0.1, 0.15) is 0 Å². The number of nitrogens with one attached hydrogen (secondary N) is 1. The van der Waals surface area contributed by atoms with Crippen molar-refractivity contribution in [2.24, 2.45) is 0 Å². The zero-order valence-electron chi connectivity index (χ0n) is 12.0. The summed E-state index contributed by atoms with van der Waals surface area (Å²) in [7, 11) is 0. The highest BCUT2D eigenvalue weighted by Gasteiger charge is 2.33. The van der Waals surface area contributed by atoms with Crippen LogP contribution in [-0.2, 0) is 0 Å². The number of carbonyl (C=O) groups excluding carboxylic acids is 1. The number of aryl methyl sites for hydroxylation is 1. The van der Waals surface area contributed by atoms with E-state index in [9.17, 15) is 15.0 Å². The smallest absolute Gasteiger partial charge is 0.254 e. The summed E-state index contributed by atoms with van der Waals surface area (Å²) in [5.74, 6) is -0.139. The Morgan fingerprint density at radius 2 is 2.00 bits per heavy atom. The Hall–Kier alpha value is -1.59. The number of hydrogen-bond acceptors (Lipinski definition) is 4. The molecule has 110 valence electrons. The highest BCUT2D eigenvalue weighted by Crippen LogP contribution is 2.20. The van der Waals surface area contributed by atoms with E-state index >= 15 is 0 Å². The fourth-order valence-electron chi connectivity index (χ4n) is 2.39. The number of hydrogen-bond donors (Lipinski definition) is 3. The van der Waals surface area contributed by atoms with Crippen LogP contribution in [0, 0.1) is 6.92 Å². The molecular formula is C15H22N2O3. The Labute approximate surface area is 119 Å². The van der Waals surface area contributed by atoms with Crippen molar-refractivity contribution in [1.29, 1.82) is 0 Å². The van der Waals surface area contributed by atoms with Crippen LogP contribution in [0.15, 0.2) is 18.2 Å². The van der Waals surface area contributed by atoms with Crippen molar-refractivity contribution in [2.45, 2.75) is 32.5 Å². The molecule has 1 fully saturated rings. The maximum Gasteiger partial charge on any atom is 0.254 e. The number of rotatable bonds is 4. The molecule has 0 radical (unpaired) electrons. The molecule has 5 heteroatoms. The minimum absolute atomic E-state index is 0.139. The van der Waals surface area contributed by atoms with Crippen LogP contribution in [0.5, 0.6) is 0 Å². The van der Waals surface area contributed by atoms with Crippen LogP contribution in [-0.4, -0.2) is 52.9 Å². The van der Waals surface area contributed by atoms with E-state index in [1.54, 1.807) is 6.07 Å². The minimum Gasteiger partial charge on any atom is -0.388 e. The van der Waals surface area contributed by atoms with Crippen molar-refractivity contribution in [2.75, 3.05) is 25.0 Å². The van der Waals surface area contributed by atoms with Gasteiger partial charge in [-0.15, -0.1) is 0 Å². The van der Waals surface area contributed by atoms with Gasteiger partial charge in [-0.1, -0.05) is 6.92 Å². The Kier molecular flexibility index (Phi) is 4.62. The summed E-state index contributed by atoms with van der Waals surface area (Å²) in [4.78, 5) is 13.9. The van der Waals surface area contributed by atoms with E-state index in [0.29, 0.717) is 5.56 Å². The molecule has 0 aliphatic carbocycles. The number of anilines is 1. The van der Waals surface area contributed by atoms with E-state index in [1.165, 1.54) is 4.90 Å². The predicted molar refractivity (Wildman–Crippen MR) is 77.9 cm³/mol. The van der Waals surface area contributed by atoms with Crippen LogP contribution in [0.25, 0.3) is 0 Å². The lowest BCUT2D eigenvalue weighted by Crippen LogP contribution is -2.30. The fraction of sp³-hybridized carbons (Fsp3) is 0.533. The number of likely N-dealkylation sites (tertiary alicyclic amines) is 1. The summed E-state index contributed by atoms with van der Waals surface area (Å²) in [5.41, 5.74) is 2.52. The summed E-state index contributed by atoms with van der Waals surface area (Å²) in [5, 5.41) is 22.3. The first-order chi connectivity index (χ1) is 9.52. The van der Waals surface area contributed by atoms with Gasteiger partial charge in [0.2, 0.25) is 0 Å². The SMILES string of the molecule is CCCNc1ccc(C(=O)N2CC(O)C(O)C2)c(C)c1. The Bertz CT molecular complexity index is 480. The average molecular weight is 278 g/mol. The van der Waals surface area contributed by atoms with Crippen LogP contribution >= 0.6 is 0 Å². The van der Waals surface area contributed by atoms with E-state index in [-0.39, 0.29) is 19.0 Å². The Balaban J connectivity index is 2.10. The second kappa shape index (κ2) is 6.24. The van der Waals surface area contributed by atoms with Crippen LogP contribution in [0.2, 0.25) is 0 Å². The zero-order valence-corrected chi connectivity index (χ0v) is 12.0. The van der Waals surface area contributed by atoms with Crippen LogP contribution < -0.4 is 5.32 Å². The van der Waals surface area contributed by atoms with Gasteiger partial charge in [0.25, 0.3) is 5.91 Å². The van der Waals surface area contributed by atoms with Gasteiger partial charge in [-0.3, -0.25) is 4.79 Å². The monoisotopic (exact) mass is 278 g/mol. The largest absolute Gasteiger partial charge is 0.388 e. The van der Waals surface area contributed by atoms with Gasteiger partial charge in [-0.05, 0) is 37.1 Å². The first kappa shape index (κ1) is 14.8. The van der Waals surface area contributed by atoms with E-state index in [0.717, 1.165) is 24.2 Å². The van der Waals surface area contributed by atoms with E-state index in [4.69, 9.17) is 0 Å². The molecule has 0 saturated carbocycles. The van der Waals surface area contributed by atoms with E-state index in [2.05, 4.69) is 12.2 Å². The Morgan fingerprint density at radius 1 is 1.35 bits per heavy atom. The highest BCUT2D eigenvalue weighted by molar-refractivity contribution is 5.96. The fourth-order valence-corrected chi connectivity index (χ4v) is 2.39. The maximum atomic E-state index is 12.4. The van der Waals surface area contributed by atoms with E-state index in [1.807, 2.05) is 19.1 Å². The molecule has 2 atom stereocenters. The van der Waals surface area contributed by atoms with Crippen LogP contribution in [0.4, 0.5) is 5.69 Å². The van der Waals surface area contributed by atoms with Crippen molar-refractivity contribution in [1.82, 2.24) is 4.90 Å². The van der Waals surface area contributed by atoms with E-state index < -0.39 is 12.2 Å². The van der Waals surface area contributed by atoms with Crippen molar-refractivity contribution in [3.05, 3.63) is 29.3 Å². The van der Waals surface area contributed by atoms with Crippen molar-refractivity contribution in [3.63, 3.8) is 0 Å².